The lowest BCUT2D eigenvalue weighted by atomic mass is 10.1. The Labute approximate surface area is 156 Å². The highest BCUT2D eigenvalue weighted by atomic mass is 32.1. The number of carbonyl (C=O) groups excluding carboxylic acids is 1. The summed E-state index contributed by atoms with van der Waals surface area (Å²) < 4.78 is 40.3. The van der Waals surface area contributed by atoms with E-state index in [0.29, 0.717) is 23.0 Å². The van der Waals surface area contributed by atoms with Crippen LogP contribution in [0.15, 0.2) is 17.2 Å². The lowest BCUT2D eigenvalue weighted by Gasteiger charge is -2.07. The number of amides is 1. The van der Waals surface area contributed by atoms with E-state index in [0.717, 1.165) is 34.8 Å². The van der Waals surface area contributed by atoms with Gasteiger partial charge in [0, 0.05) is 11.9 Å². The van der Waals surface area contributed by atoms with E-state index in [2.05, 4.69) is 15.3 Å². The minimum absolute atomic E-state index is 0.104. The van der Waals surface area contributed by atoms with Crippen molar-refractivity contribution in [3.05, 3.63) is 34.0 Å². The van der Waals surface area contributed by atoms with Crippen molar-refractivity contribution < 1.29 is 18.0 Å². The maximum Gasteiger partial charge on any atom is 0.433 e. The Kier molecular flexibility index (Phi) is 5.18. The molecule has 0 fully saturated rings. The summed E-state index contributed by atoms with van der Waals surface area (Å²) >= 11 is 0.857. The first-order valence-electron chi connectivity index (χ1n) is 8.35. The molecule has 144 valence electrons. The van der Waals surface area contributed by atoms with Gasteiger partial charge in [0.2, 0.25) is 5.91 Å². The number of nitrogens with one attached hydrogen (secondary N) is 1. The summed E-state index contributed by atoms with van der Waals surface area (Å²) in [6.07, 6.45) is -1.56. The van der Waals surface area contributed by atoms with Crippen LogP contribution >= 0.6 is 11.3 Å². The number of fused-ring (bicyclic) bond motifs is 3. The average molecular weight is 398 g/mol. The van der Waals surface area contributed by atoms with E-state index in [1.54, 1.807) is 0 Å². The molecule has 3 rings (SSSR count). The number of rotatable bonds is 5. The fourth-order valence-electron chi connectivity index (χ4n) is 2.72. The van der Waals surface area contributed by atoms with Crippen LogP contribution in [-0.2, 0) is 17.5 Å². The van der Waals surface area contributed by atoms with Gasteiger partial charge in [0.25, 0.3) is 5.56 Å². The number of carbonyl (C=O) groups is 1. The van der Waals surface area contributed by atoms with Gasteiger partial charge < -0.3 is 5.32 Å². The second-order valence-electron chi connectivity index (χ2n) is 6.16. The summed E-state index contributed by atoms with van der Waals surface area (Å²) in [5, 5.41) is 3.14. The number of thiophene rings is 1. The molecule has 0 aliphatic rings. The van der Waals surface area contributed by atoms with Crippen molar-refractivity contribution in [3.63, 3.8) is 0 Å². The second kappa shape index (κ2) is 7.26. The van der Waals surface area contributed by atoms with Crippen molar-refractivity contribution in [2.45, 2.75) is 39.4 Å². The van der Waals surface area contributed by atoms with Crippen LogP contribution in [0.1, 0.15) is 31.0 Å². The third kappa shape index (κ3) is 3.80. The molecular weight excluding hydrogens is 381 g/mol. The Morgan fingerprint density at radius 1 is 1.37 bits per heavy atom. The molecule has 27 heavy (non-hydrogen) atoms. The molecule has 0 radical (unpaired) electrons. The highest BCUT2D eigenvalue weighted by molar-refractivity contribution is 7.25. The molecule has 0 saturated heterocycles. The Bertz CT molecular complexity index is 1070. The van der Waals surface area contributed by atoms with Crippen LogP contribution in [-0.4, -0.2) is 27.0 Å². The normalized spacial score (nSPS) is 12.0. The predicted octanol–water partition coefficient (Wildman–Crippen LogP) is 3.25. The molecule has 0 saturated carbocycles. The summed E-state index contributed by atoms with van der Waals surface area (Å²) in [6, 6.07) is 0.947. The number of alkyl halides is 3. The van der Waals surface area contributed by atoms with E-state index < -0.39 is 17.4 Å². The molecule has 10 heteroatoms. The molecule has 0 aromatic carbocycles. The van der Waals surface area contributed by atoms with Crippen LogP contribution in [0.5, 0.6) is 0 Å². The molecule has 3 aromatic heterocycles. The first-order valence-corrected chi connectivity index (χ1v) is 9.17. The molecule has 0 atom stereocenters. The van der Waals surface area contributed by atoms with Crippen molar-refractivity contribution >= 4 is 37.7 Å². The minimum atomic E-state index is -4.57. The lowest BCUT2D eigenvalue weighted by molar-refractivity contribution is -0.141. The third-order valence-corrected chi connectivity index (χ3v) is 5.13. The van der Waals surface area contributed by atoms with Gasteiger partial charge in [0.1, 0.15) is 21.8 Å². The number of pyridine rings is 1. The quantitative estimate of drug-likeness (QED) is 0.670. The van der Waals surface area contributed by atoms with Gasteiger partial charge in [0.05, 0.1) is 11.8 Å². The van der Waals surface area contributed by atoms with Gasteiger partial charge in [-0.25, -0.2) is 9.97 Å². The van der Waals surface area contributed by atoms with Gasteiger partial charge in [-0.15, -0.1) is 11.3 Å². The van der Waals surface area contributed by atoms with Gasteiger partial charge >= 0.3 is 6.18 Å². The SMILES string of the molecule is CCCCNC(=O)Cn1cnc2c(sc3nc(C(F)(F)F)cc(C)c32)c1=O. The molecule has 6 nitrogen and oxygen atoms in total. The fraction of sp³-hybridized carbons (Fsp3) is 0.412. The molecule has 3 aromatic rings. The molecular formula is C17H17F3N4O2S. The van der Waals surface area contributed by atoms with Crippen LogP contribution in [0.3, 0.4) is 0 Å². The number of unbranched alkanes of at least 4 members (excludes halogenated alkanes) is 1. The van der Waals surface area contributed by atoms with E-state index in [4.69, 9.17) is 0 Å². The summed E-state index contributed by atoms with van der Waals surface area (Å²) in [6.45, 7) is 3.85. The van der Waals surface area contributed by atoms with Crippen LogP contribution in [0.2, 0.25) is 0 Å². The third-order valence-electron chi connectivity index (χ3n) is 4.07. The highest BCUT2D eigenvalue weighted by Gasteiger charge is 2.33. The summed E-state index contributed by atoms with van der Waals surface area (Å²) in [4.78, 5) is 32.5. The lowest BCUT2D eigenvalue weighted by Crippen LogP contribution is -2.32. The predicted molar refractivity (Wildman–Crippen MR) is 96.8 cm³/mol. The number of nitrogens with zero attached hydrogens (tertiary/aromatic N) is 3. The smallest absolute Gasteiger partial charge is 0.355 e. The molecule has 0 unspecified atom stereocenters. The van der Waals surface area contributed by atoms with Gasteiger partial charge in [-0.05, 0) is 25.0 Å². The standard InChI is InChI=1S/C17H17F3N4O2S/c1-3-4-5-21-11(25)7-24-8-22-13-12-9(2)6-10(17(18,19)20)23-15(12)27-14(13)16(24)26/h6,8H,3-5,7H2,1-2H3,(H,21,25). The number of halogens is 3. The molecule has 1 N–H and O–H groups in total. The van der Waals surface area contributed by atoms with Gasteiger partial charge in [-0.1, -0.05) is 13.3 Å². The zero-order valence-corrected chi connectivity index (χ0v) is 15.5. The maximum absolute atomic E-state index is 13.0. The van der Waals surface area contributed by atoms with Crippen molar-refractivity contribution in [3.8, 4) is 0 Å². The molecule has 1 amide bonds. The molecule has 0 spiro atoms. The van der Waals surface area contributed by atoms with E-state index in [1.165, 1.54) is 13.3 Å². The van der Waals surface area contributed by atoms with Crippen LogP contribution in [0.4, 0.5) is 13.2 Å². The van der Waals surface area contributed by atoms with Gasteiger partial charge in [-0.2, -0.15) is 13.2 Å². The number of hydrogen-bond acceptors (Lipinski definition) is 5. The summed E-state index contributed by atoms with van der Waals surface area (Å²) in [5.41, 5.74) is -0.821. The minimum Gasteiger partial charge on any atom is -0.355 e. The van der Waals surface area contributed by atoms with Crippen molar-refractivity contribution in [1.82, 2.24) is 19.9 Å². The van der Waals surface area contributed by atoms with E-state index in [-0.39, 0.29) is 22.0 Å². The first-order chi connectivity index (χ1) is 12.7. The highest BCUT2D eigenvalue weighted by Crippen LogP contribution is 2.36. The Morgan fingerprint density at radius 3 is 2.78 bits per heavy atom. The Hall–Kier alpha value is -2.49. The fourth-order valence-corrected chi connectivity index (χ4v) is 3.87. The maximum atomic E-state index is 13.0. The Balaban J connectivity index is 2.03. The zero-order valence-electron chi connectivity index (χ0n) is 14.7. The van der Waals surface area contributed by atoms with E-state index in [1.807, 2.05) is 6.92 Å². The number of hydrogen-bond donors (Lipinski definition) is 1. The van der Waals surface area contributed by atoms with Crippen LogP contribution < -0.4 is 10.9 Å². The summed E-state index contributed by atoms with van der Waals surface area (Å²) in [5.74, 6) is -0.318. The van der Waals surface area contributed by atoms with Gasteiger partial charge in [-0.3, -0.25) is 14.2 Å². The van der Waals surface area contributed by atoms with Crippen molar-refractivity contribution in [1.29, 1.82) is 0 Å². The van der Waals surface area contributed by atoms with Gasteiger partial charge in [0.15, 0.2) is 0 Å². The van der Waals surface area contributed by atoms with E-state index >= 15 is 0 Å². The first kappa shape index (κ1) is 19.3. The van der Waals surface area contributed by atoms with Crippen LogP contribution in [0.25, 0.3) is 20.4 Å². The van der Waals surface area contributed by atoms with Crippen molar-refractivity contribution in [2.24, 2.45) is 0 Å². The largest absolute Gasteiger partial charge is 0.433 e. The molecule has 0 bridgehead atoms. The summed E-state index contributed by atoms with van der Waals surface area (Å²) in [7, 11) is 0. The zero-order chi connectivity index (χ0) is 19.8. The average Bonchev–Trinajstić information content (AvgIpc) is 2.97. The topological polar surface area (TPSA) is 76.9 Å². The molecule has 3 heterocycles. The molecule has 0 aliphatic carbocycles. The van der Waals surface area contributed by atoms with Crippen molar-refractivity contribution in [2.75, 3.05) is 6.54 Å². The molecule has 0 aliphatic heterocycles. The van der Waals surface area contributed by atoms with E-state index in [9.17, 15) is 22.8 Å². The number of aromatic nitrogens is 3. The monoisotopic (exact) mass is 398 g/mol. The number of aryl methyl sites for hydroxylation is 1. The second-order valence-corrected chi connectivity index (χ2v) is 7.16. The Morgan fingerprint density at radius 2 is 2.11 bits per heavy atom. The van der Waals surface area contributed by atoms with Crippen LogP contribution in [0, 0.1) is 6.92 Å².